The van der Waals surface area contributed by atoms with E-state index in [1.54, 1.807) is 18.2 Å². The lowest BCUT2D eigenvalue weighted by molar-refractivity contribution is -0.114. The highest BCUT2D eigenvalue weighted by Gasteiger charge is 2.29. The minimum Gasteiger partial charge on any atom is -0.299 e. The predicted octanol–water partition coefficient (Wildman–Crippen LogP) is 5.65. The first-order valence-corrected chi connectivity index (χ1v) is 13.0. The Balaban J connectivity index is 1.63. The number of sulfonamides is 1. The first-order valence-electron chi connectivity index (χ1n) is 9.98. The predicted molar refractivity (Wildman–Crippen MR) is 136 cm³/mol. The van der Waals surface area contributed by atoms with E-state index < -0.39 is 22.5 Å². The highest BCUT2D eigenvalue weighted by Crippen LogP contribution is 2.35. The minimum absolute atomic E-state index is 0.0178. The van der Waals surface area contributed by atoms with Crippen LogP contribution in [0.15, 0.2) is 77.7 Å². The third-order valence-corrected chi connectivity index (χ3v) is 8.26. The van der Waals surface area contributed by atoms with Crippen molar-refractivity contribution >= 4 is 61.3 Å². The largest absolute Gasteiger partial charge is 0.299 e. The Morgan fingerprint density at radius 2 is 1.68 bits per heavy atom. The summed E-state index contributed by atoms with van der Waals surface area (Å²) in [7, 11) is -4.14. The fraction of sp³-hybridized carbons (Fsp3) is 0.0870. The number of hydrogen-bond acceptors (Lipinski definition) is 6. The molecule has 0 aliphatic heterocycles. The Bertz CT molecular complexity index is 1430. The summed E-state index contributed by atoms with van der Waals surface area (Å²) in [5.74, 6) is -0.609. The molecule has 0 bridgehead atoms. The maximum absolute atomic E-state index is 13.5. The summed E-state index contributed by atoms with van der Waals surface area (Å²) in [5, 5.41) is 11.8. The van der Waals surface area contributed by atoms with Gasteiger partial charge in [-0.1, -0.05) is 88.6 Å². The van der Waals surface area contributed by atoms with Gasteiger partial charge in [0.25, 0.3) is 10.0 Å². The SMILES string of the molecule is Cc1ccc(S(=O)(=O)N(CC(=O)Nc2nnc(-c3ccccc3)s2)c2cccc(Cl)c2Cl)cc1. The fourth-order valence-corrected chi connectivity index (χ4v) is 5.73. The molecule has 0 spiro atoms. The van der Waals surface area contributed by atoms with E-state index in [0.29, 0.717) is 5.01 Å². The monoisotopic (exact) mass is 532 g/mol. The number of hydrogen-bond donors (Lipinski definition) is 1. The Hall–Kier alpha value is -2.98. The molecule has 7 nitrogen and oxygen atoms in total. The fourth-order valence-electron chi connectivity index (χ4n) is 3.08. The molecule has 0 unspecified atom stereocenters. The van der Waals surface area contributed by atoms with Gasteiger partial charge in [0.1, 0.15) is 11.6 Å². The molecule has 34 heavy (non-hydrogen) atoms. The third-order valence-electron chi connectivity index (χ3n) is 4.79. The van der Waals surface area contributed by atoms with Gasteiger partial charge in [0.05, 0.1) is 20.6 Å². The Morgan fingerprint density at radius 3 is 2.38 bits per heavy atom. The molecule has 0 fully saturated rings. The van der Waals surface area contributed by atoms with Crippen molar-refractivity contribution < 1.29 is 13.2 Å². The molecular weight excluding hydrogens is 515 g/mol. The number of amides is 1. The van der Waals surface area contributed by atoms with Gasteiger partial charge in [0, 0.05) is 5.56 Å². The second-order valence-electron chi connectivity index (χ2n) is 7.22. The standard InChI is InChI=1S/C23H18Cl2N4O3S2/c1-15-10-12-17(13-11-15)34(31,32)29(19-9-5-8-18(24)21(19)25)14-20(30)26-23-28-27-22(33-23)16-6-3-2-4-7-16/h2-13H,14H2,1H3,(H,26,28,30). The highest BCUT2D eigenvalue weighted by molar-refractivity contribution is 7.92. The van der Waals surface area contributed by atoms with Crippen LogP contribution in [-0.2, 0) is 14.8 Å². The van der Waals surface area contributed by atoms with E-state index in [9.17, 15) is 13.2 Å². The number of carbonyl (C=O) groups is 1. The summed E-state index contributed by atoms with van der Waals surface area (Å²) in [6.45, 7) is 1.30. The lowest BCUT2D eigenvalue weighted by Gasteiger charge is -2.25. The van der Waals surface area contributed by atoms with Gasteiger partial charge in [-0.15, -0.1) is 10.2 Å². The smallest absolute Gasteiger partial charge is 0.264 e. The van der Waals surface area contributed by atoms with Crippen molar-refractivity contribution in [1.82, 2.24) is 10.2 Å². The highest BCUT2D eigenvalue weighted by atomic mass is 35.5. The first-order chi connectivity index (χ1) is 16.3. The summed E-state index contributed by atoms with van der Waals surface area (Å²) in [4.78, 5) is 12.9. The van der Waals surface area contributed by atoms with E-state index in [-0.39, 0.29) is 25.8 Å². The summed E-state index contributed by atoms with van der Waals surface area (Å²) < 4.78 is 27.9. The van der Waals surface area contributed by atoms with Gasteiger partial charge < -0.3 is 0 Å². The lowest BCUT2D eigenvalue weighted by atomic mass is 10.2. The van der Waals surface area contributed by atoms with Gasteiger partial charge in [-0.3, -0.25) is 14.4 Å². The van der Waals surface area contributed by atoms with Crippen molar-refractivity contribution in [2.45, 2.75) is 11.8 Å². The lowest BCUT2D eigenvalue weighted by Crippen LogP contribution is -2.38. The van der Waals surface area contributed by atoms with Crippen molar-refractivity contribution in [2.75, 3.05) is 16.2 Å². The zero-order valence-corrected chi connectivity index (χ0v) is 20.9. The normalized spacial score (nSPS) is 11.3. The zero-order valence-electron chi connectivity index (χ0n) is 17.8. The molecule has 1 amide bonds. The van der Waals surface area contributed by atoms with Crippen molar-refractivity contribution in [2.24, 2.45) is 0 Å². The van der Waals surface area contributed by atoms with Gasteiger partial charge in [-0.2, -0.15) is 0 Å². The van der Waals surface area contributed by atoms with E-state index in [4.69, 9.17) is 23.2 Å². The number of carbonyl (C=O) groups excluding carboxylic acids is 1. The average molecular weight is 533 g/mol. The van der Waals surface area contributed by atoms with Crippen LogP contribution < -0.4 is 9.62 Å². The first kappa shape index (κ1) is 24.2. The molecule has 4 rings (SSSR count). The number of nitrogens with zero attached hydrogens (tertiary/aromatic N) is 3. The van der Waals surface area contributed by atoms with Gasteiger partial charge in [-0.05, 0) is 31.2 Å². The van der Waals surface area contributed by atoms with E-state index in [0.717, 1.165) is 15.4 Å². The summed E-state index contributed by atoms with van der Waals surface area (Å²) in [6.07, 6.45) is 0. The molecular formula is C23H18Cl2N4O3S2. The molecule has 0 saturated heterocycles. The third kappa shape index (κ3) is 5.23. The van der Waals surface area contributed by atoms with E-state index >= 15 is 0 Å². The molecule has 174 valence electrons. The van der Waals surface area contributed by atoms with Crippen molar-refractivity contribution in [3.8, 4) is 10.6 Å². The Kier molecular flexibility index (Phi) is 7.18. The van der Waals surface area contributed by atoms with Crippen LogP contribution in [0.2, 0.25) is 10.0 Å². The van der Waals surface area contributed by atoms with Crippen molar-refractivity contribution in [1.29, 1.82) is 0 Å². The van der Waals surface area contributed by atoms with Crippen LogP contribution in [0.1, 0.15) is 5.56 Å². The zero-order chi connectivity index (χ0) is 24.3. The van der Waals surface area contributed by atoms with Gasteiger partial charge in [-0.25, -0.2) is 8.42 Å². The van der Waals surface area contributed by atoms with Crippen LogP contribution in [0.25, 0.3) is 10.6 Å². The minimum atomic E-state index is -4.14. The number of anilines is 2. The van der Waals surface area contributed by atoms with Crippen molar-refractivity contribution in [3.63, 3.8) is 0 Å². The second-order valence-corrected chi connectivity index (χ2v) is 10.8. The maximum atomic E-state index is 13.5. The van der Waals surface area contributed by atoms with Crippen LogP contribution in [0.3, 0.4) is 0 Å². The van der Waals surface area contributed by atoms with Crippen LogP contribution in [0.5, 0.6) is 0 Å². The average Bonchev–Trinajstić information content (AvgIpc) is 3.29. The second kappa shape index (κ2) is 10.1. The van der Waals surface area contributed by atoms with Crippen LogP contribution in [-0.4, -0.2) is 31.1 Å². The van der Waals surface area contributed by atoms with E-state index in [1.807, 2.05) is 37.3 Å². The van der Waals surface area contributed by atoms with E-state index in [1.165, 1.54) is 35.6 Å². The maximum Gasteiger partial charge on any atom is 0.264 e. The molecule has 1 N–H and O–H groups in total. The number of aromatic nitrogens is 2. The van der Waals surface area contributed by atoms with Crippen LogP contribution in [0, 0.1) is 6.92 Å². The molecule has 0 saturated carbocycles. The van der Waals surface area contributed by atoms with Crippen LogP contribution >= 0.6 is 34.5 Å². The number of aryl methyl sites for hydroxylation is 1. The molecule has 0 aliphatic carbocycles. The van der Waals surface area contributed by atoms with Gasteiger partial charge in [0.2, 0.25) is 11.0 Å². The molecule has 11 heteroatoms. The molecule has 0 atom stereocenters. The summed E-state index contributed by atoms with van der Waals surface area (Å²) in [5.41, 5.74) is 1.84. The molecule has 0 aliphatic rings. The molecule has 3 aromatic carbocycles. The Morgan fingerprint density at radius 1 is 0.971 bits per heavy atom. The molecule has 1 aromatic heterocycles. The molecule has 1 heterocycles. The molecule has 0 radical (unpaired) electrons. The quantitative estimate of drug-likeness (QED) is 0.331. The van der Waals surface area contributed by atoms with E-state index in [2.05, 4.69) is 15.5 Å². The van der Waals surface area contributed by atoms with Crippen LogP contribution in [0.4, 0.5) is 10.8 Å². The number of nitrogens with one attached hydrogen (secondary N) is 1. The topological polar surface area (TPSA) is 92.3 Å². The van der Waals surface area contributed by atoms with Crippen molar-refractivity contribution in [3.05, 3.63) is 88.4 Å². The number of halogens is 2. The number of rotatable bonds is 7. The number of benzene rings is 3. The van der Waals surface area contributed by atoms with Gasteiger partial charge in [0.15, 0.2) is 0 Å². The van der Waals surface area contributed by atoms with Gasteiger partial charge >= 0.3 is 0 Å². The summed E-state index contributed by atoms with van der Waals surface area (Å²) >= 11 is 13.6. The summed E-state index contributed by atoms with van der Waals surface area (Å²) in [6, 6.07) is 20.3. The molecule has 4 aromatic rings. The Labute approximate surface area is 211 Å².